The molecule has 1 aromatic rings. The van der Waals surface area contributed by atoms with Crippen LogP contribution in [0.2, 0.25) is 0 Å². The molecular weight excluding hydrogens is 283 g/mol. The molecule has 0 unspecified atom stereocenters. The van der Waals surface area contributed by atoms with E-state index in [4.69, 9.17) is 4.74 Å². The third kappa shape index (κ3) is 5.13. The Morgan fingerprint density at radius 1 is 1.50 bits per heavy atom. The zero-order valence-electron chi connectivity index (χ0n) is 13.4. The van der Waals surface area contributed by atoms with Crippen molar-refractivity contribution in [2.45, 2.75) is 40.0 Å². The van der Waals surface area contributed by atoms with Crippen molar-refractivity contribution in [2.75, 3.05) is 6.61 Å². The maximum absolute atomic E-state index is 13.0. The first-order chi connectivity index (χ1) is 10.3. The van der Waals surface area contributed by atoms with E-state index in [1.54, 1.807) is 6.07 Å². The highest BCUT2D eigenvalue weighted by atomic mass is 19.1. The Morgan fingerprint density at radius 3 is 2.95 bits per heavy atom. The van der Waals surface area contributed by atoms with Crippen molar-refractivity contribution in [1.29, 1.82) is 0 Å². The molecule has 1 atom stereocenters. The smallest absolute Gasteiger partial charge is 0.277 e. The minimum absolute atomic E-state index is 0.181. The molecule has 120 valence electrons. The van der Waals surface area contributed by atoms with Gasteiger partial charge in [0.15, 0.2) is 6.61 Å². The number of halogens is 1. The van der Waals surface area contributed by atoms with Crippen LogP contribution in [0.5, 0.6) is 5.75 Å². The lowest BCUT2D eigenvalue weighted by atomic mass is 9.72. The molecule has 1 saturated carbocycles. The number of hydrogen-bond donors (Lipinski definition) is 1. The number of amides is 1. The number of nitrogens with zero attached hydrogens (tertiary/aromatic N) is 1. The molecule has 1 aliphatic carbocycles. The lowest BCUT2D eigenvalue weighted by molar-refractivity contribution is -0.123. The first-order valence-corrected chi connectivity index (χ1v) is 7.57. The highest BCUT2D eigenvalue weighted by molar-refractivity contribution is 5.87. The van der Waals surface area contributed by atoms with Crippen LogP contribution in [0.3, 0.4) is 0 Å². The van der Waals surface area contributed by atoms with Crippen molar-refractivity contribution in [1.82, 2.24) is 5.43 Å². The van der Waals surface area contributed by atoms with Crippen LogP contribution in [0.4, 0.5) is 4.39 Å². The highest BCUT2D eigenvalue weighted by Gasteiger charge is 2.29. The van der Waals surface area contributed by atoms with Gasteiger partial charge in [0.05, 0.1) is 0 Å². The summed E-state index contributed by atoms with van der Waals surface area (Å²) in [5.74, 6) is 0.169. The van der Waals surface area contributed by atoms with E-state index in [1.807, 2.05) is 0 Å². The zero-order valence-corrected chi connectivity index (χ0v) is 13.4. The summed E-state index contributed by atoms with van der Waals surface area (Å²) >= 11 is 0. The van der Waals surface area contributed by atoms with Crippen LogP contribution < -0.4 is 10.2 Å². The summed E-state index contributed by atoms with van der Waals surface area (Å²) in [7, 11) is 0. The van der Waals surface area contributed by atoms with Gasteiger partial charge in [-0.3, -0.25) is 4.79 Å². The molecule has 0 heterocycles. The molecule has 1 N–H and O–H groups in total. The Labute approximate surface area is 130 Å². The van der Waals surface area contributed by atoms with Crippen LogP contribution in [-0.2, 0) is 4.79 Å². The van der Waals surface area contributed by atoms with E-state index in [9.17, 15) is 9.18 Å². The van der Waals surface area contributed by atoms with Crippen molar-refractivity contribution < 1.29 is 13.9 Å². The fourth-order valence-corrected chi connectivity index (χ4v) is 3.08. The van der Waals surface area contributed by atoms with Crippen molar-refractivity contribution in [3.63, 3.8) is 0 Å². The minimum Gasteiger partial charge on any atom is -0.484 e. The Morgan fingerprint density at radius 2 is 2.27 bits per heavy atom. The van der Waals surface area contributed by atoms with Crippen molar-refractivity contribution in [3.8, 4) is 5.75 Å². The lowest BCUT2D eigenvalue weighted by Crippen LogP contribution is -2.31. The molecule has 5 heteroatoms. The average molecular weight is 306 g/mol. The van der Waals surface area contributed by atoms with E-state index in [0.717, 1.165) is 18.6 Å². The summed E-state index contributed by atoms with van der Waals surface area (Å²) < 4.78 is 18.2. The van der Waals surface area contributed by atoms with E-state index in [0.29, 0.717) is 11.7 Å². The quantitative estimate of drug-likeness (QED) is 0.865. The van der Waals surface area contributed by atoms with Gasteiger partial charge >= 0.3 is 0 Å². The van der Waals surface area contributed by atoms with E-state index in [1.165, 1.54) is 24.6 Å². The van der Waals surface area contributed by atoms with Gasteiger partial charge in [-0.05, 0) is 42.7 Å². The van der Waals surface area contributed by atoms with Gasteiger partial charge in [0, 0.05) is 11.8 Å². The monoisotopic (exact) mass is 306 g/mol. The van der Waals surface area contributed by atoms with E-state index < -0.39 is 5.82 Å². The van der Waals surface area contributed by atoms with Crippen LogP contribution in [0, 0.1) is 17.2 Å². The number of nitrogens with one attached hydrogen (secondary N) is 1. The summed E-state index contributed by atoms with van der Waals surface area (Å²) in [5, 5.41) is 4.22. The molecule has 0 saturated heterocycles. The molecular formula is C17H23FN2O2. The normalized spacial score (nSPS) is 22.4. The summed E-state index contributed by atoms with van der Waals surface area (Å²) in [5.41, 5.74) is 3.76. The van der Waals surface area contributed by atoms with Crippen molar-refractivity contribution in [2.24, 2.45) is 16.4 Å². The van der Waals surface area contributed by atoms with Gasteiger partial charge in [-0.25, -0.2) is 9.82 Å². The van der Waals surface area contributed by atoms with Gasteiger partial charge in [-0.1, -0.05) is 26.8 Å². The highest BCUT2D eigenvalue weighted by Crippen LogP contribution is 2.36. The third-order valence-corrected chi connectivity index (χ3v) is 3.67. The van der Waals surface area contributed by atoms with E-state index in [-0.39, 0.29) is 17.9 Å². The number of rotatable bonds is 4. The molecule has 1 aliphatic rings. The van der Waals surface area contributed by atoms with Crippen LogP contribution in [0.15, 0.2) is 29.4 Å². The average Bonchev–Trinajstić information content (AvgIpc) is 2.41. The Hall–Kier alpha value is -1.91. The van der Waals surface area contributed by atoms with Crippen LogP contribution in [-0.4, -0.2) is 18.2 Å². The number of hydrazone groups is 1. The lowest BCUT2D eigenvalue weighted by Gasteiger charge is -2.34. The van der Waals surface area contributed by atoms with Gasteiger partial charge in [0.2, 0.25) is 0 Å². The van der Waals surface area contributed by atoms with Gasteiger partial charge in [-0.15, -0.1) is 0 Å². The SMILES string of the molecule is C[C@H]1C/C(=N/NC(=O)COc2cccc(F)c2)CC(C)(C)C1. The molecule has 0 bridgehead atoms. The zero-order chi connectivity index (χ0) is 16.2. The predicted molar refractivity (Wildman–Crippen MR) is 84.3 cm³/mol. The summed E-state index contributed by atoms with van der Waals surface area (Å²) in [6, 6.07) is 5.71. The fourth-order valence-electron chi connectivity index (χ4n) is 3.08. The second-order valence-corrected chi connectivity index (χ2v) is 6.81. The van der Waals surface area contributed by atoms with Crippen molar-refractivity contribution >= 4 is 11.6 Å². The molecule has 0 aromatic heterocycles. The molecule has 0 radical (unpaired) electrons. The van der Waals surface area contributed by atoms with Gasteiger partial charge in [-0.2, -0.15) is 5.10 Å². The maximum Gasteiger partial charge on any atom is 0.277 e. The Balaban J connectivity index is 1.83. The van der Waals surface area contributed by atoms with Crippen LogP contribution in [0.25, 0.3) is 0 Å². The van der Waals surface area contributed by atoms with Gasteiger partial charge < -0.3 is 4.74 Å². The first kappa shape index (κ1) is 16.5. The molecule has 4 nitrogen and oxygen atoms in total. The molecule has 0 spiro atoms. The summed E-state index contributed by atoms with van der Waals surface area (Å²) in [6.45, 7) is 6.45. The van der Waals surface area contributed by atoms with Gasteiger partial charge in [0.25, 0.3) is 5.91 Å². The molecule has 1 fully saturated rings. The predicted octanol–water partition coefficient (Wildman–Crippen LogP) is 3.52. The third-order valence-electron chi connectivity index (χ3n) is 3.67. The molecule has 22 heavy (non-hydrogen) atoms. The molecule has 1 amide bonds. The van der Waals surface area contributed by atoms with Crippen LogP contribution in [0.1, 0.15) is 40.0 Å². The van der Waals surface area contributed by atoms with Gasteiger partial charge in [0.1, 0.15) is 11.6 Å². The maximum atomic E-state index is 13.0. The second-order valence-electron chi connectivity index (χ2n) is 6.81. The van der Waals surface area contributed by atoms with Crippen LogP contribution >= 0.6 is 0 Å². The van der Waals surface area contributed by atoms with E-state index >= 15 is 0 Å². The fraction of sp³-hybridized carbons (Fsp3) is 0.529. The summed E-state index contributed by atoms with van der Waals surface area (Å²) in [4.78, 5) is 11.7. The summed E-state index contributed by atoms with van der Waals surface area (Å²) in [6.07, 6.45) is 2.97. The second kappa shape index (κ2) is 6.90. The first-order valence-electron chi connectivity index (χ1n) is 7.57. The Kier molecular flexibility index (Phi) is 5.16. The molecule has 0 aliphatic heterocycles. The largest absolute Gasteiger partial charge is 0.484 e. The standard InChI is InChI=1S/C17H23FN2O2/c1-12-7-14(10-17(2,3)9-12)19-20-16(21)11-22-15-6-4-5-13(18)8-15/h4-6,8,12H,7,9-11H2,1-3H3,(H,20,21)/b19-14-/t12-/m0/s1. The number of carbonyl (C=O) groups is 1. The minimum atomic E-state index is -0.392. The molecule has 1 aromatic carbocycles. The number of ether oxygens (including phenoxy) is 1. The van der Waals surface area contributed by atoms with Crippen molar-refractivity contribution in [3.05, 3.63) is 30.1 Å². The number of benzene rings is 1. The Bertz CT molecular complexity index is 570. The molecule has 2 rings (SSSR count). The van der Waals surface area contributed by atoms with E-state index in [2.05, 4.69) is 31.3 Å². The number of carbonyl (C=O) groups excluding carboxylic acids is 1. The topological polar surface area (TPSA) is 50.7 Å². The number of hydrogen-bond acceptors (Lipinski definition) is 3.